The molecule has 0 saturated carbocycles. The molecule has 1 fully saturated rings. The van der Waals surface area contributed by atoms with Crippen molar-refractivity contribution in [2.45, 2.75) is 13.5 Å². The number of aryl methyl sites for hydroxylation is 1. The van der Waals surface area contributed by atoms with Gasteiger partial charge >= 0.3 is 0 Å². The molecule has 0 aliphatic carbocycles. The van der Waals surface area contributed by atoms with Crippen molar-refractivity contribution in [1.29, 1.82) is 5.26 Å². The van der Waals surface area contributed by atoms with Crippen LogP contribution in [0.2, 0.25) is 5.02 Å². The maximum absolute atomic E-state index is 13.1. The molecule has 1 aromatic heterocycles. The molecule has 0 unspecified atom stereocenters. The lowest BCUT2D eigenvalue weighted by molar-refractivity contribution is 0.0632. The first-order chi connectivity index (χ1) is 14.5. The maximum atomic E-state index is 13.1. The summed E-state index contributed by atoms with van der Waals surface area (Å²) in [6.45, 7) is 5.75. The lowest BCUT2D eigenvalue weighted by atomic mass is 10.1. The molecule has 0 radical (unpaired) electrons. The quantitative estimate of drug-likeness (QED) is 0.599. The molecule has 1 aliphatic rings. The number of nitriles is 1. The van der Waals surface area contributed by atoms with E-state index in [0.29, 0.717) is 28.6 Å². The number of nitrogens with zero attached hydrogens (tertiary/aromatic N) is 4. The molecule has 1 amide bonds. The van der Waals surface area contributed by atoms with E-state index in [1.165, 1.54) is 16.9 Å². The highest BCUT2D eigenvalue weighted by Crippen LogP contribution is 2.30. The van der Waals surface area contributed by atoms with Crippen molar-refractivity contribution in [3.8, 4) is 16.6 Å². The van der Waals surface area contributed by atoms with Gasteiger partial charge in [0.15, 0.2) is 0 Å². The van der Waals surface area contributed by atoms with Crippen molar-refractivity contribution in [3.63, 3.8) is 0 Å². The molecule has 2 heterocycles. The largest absolute Gasteiger partial charge is 0.335 e. The zero-order valence-electron chi connectivity index (χ0n) is 16.6. The summed E-state index contributed by atoms with van der Waals surface area (Å²) < 4.78 is 0. The van der Waals surface area contributed by atoms with Crippen LogP contribution in [0.4, 0.5) is 0 Å². The fraction of sp³-hybridized carbons (Fsp3) is 0.261. The third-order valence-corrected chi connectivity index (χ3v) is 6.64. The number of piperazine rings is 1. The van der Waals surface area contributed by atoms with Gasteiger partial charge in [0.05, 0.1) is 17.3 Å². The first-order valence-corrected chi connectivity index (χ1v) is 11.0. The lowest BCUT2D eigenvalue weighted by Crippen LogP contribution is -2.48. The minimum absolute atomic E-state index is 0.0521. The fourth-order valence-corrected chi connectivity index (χ4v) is 4.76. The Kier molecular flexibility index (Phi) is 6.14. The zero-order valence-corrected chi connectivity index (χ0v) is 18.2. The van der Waals surface area contributed by atoms with Crippen LogP contribution in [-0.4, -0.2) is 46.9 Å². The zero-order chi connectivity index (χ0) is 21.1. The molecular formula is C23H21ClN4OS. The first-order valence-electron chi connectivity index (χ1n) is 9.77. The van der Waals surface area contributed by atoms with Gasteiger partial charge in [0, 0.05) is 43.3 Å². The molecule has 152 valence electrons. The van der Waals surface area contributed by atoms with E-state index in [1.807, 2.05) is 60.4 Å². The predicted molar refractivity (Wildman–Crippen MR) is 120 cm³/mol. The van der Waals surface area contributed by atoms with Crippen LogP contribution in [0.15, 0.2) is 48.5 Å². The van der Waals surface area contributed by atoms with Crippen molar-refractivity contribution < 1.29 is 4.79 Å². The summed E-state index contributed by atoms with van der Waals surface area (Å²) in [4.78, 5) is 22.6. The minimum Gasteiger partial charge on any atom is -0.335 e. The molecule has 0 bridgehead atoms. The Balaban J connectivity index is 1.39. The van der Waals surface area contributed by atoms with Crippen LogP contribution in [-0.2, 0) is 6.54 Å². The van der Waals surface area contributed by atoms with E-state index in [4.69, 9.17) is 16.9 Å². The number of thiazole rings is 1. The highest BCUT2D eigenvalue weighted by atomic mass is 35.5. The molecule has 1 aliphatic heterocycles. The number of carbonyl (C=O) groups excluding carboxylic acids is 1. The van der Waals surface area contributed by atoms with Crippen molar-refractivity contribution in [1.82, 2.24) is 14.8 Å². The molecule has 2 aromatic carbocycles. The average Bonchev–Trinajstić information content (AvgIpc) is 3.16. The Bertz CT molecular complexity index is 1100. The Morgan fingerprint density at radius 2 is 1.90 bits per heavy atom. The SMILES string of the molecule is Cc1nc(-c2cccc(Cl)c2)sc1C(=O)N1CCN(Cc2ccc(C#N)cc2)CC1. The van der Waals surface area contributed by atoms with Gasteiger partial charge in [-0.05, 0) is 36.8 Å². The van der Waals surface area contributed by atoms with E-state index < -0.39 is 0 Å². The Hall–Kier alpha value is -2.72. The van der Waals surface area contributed by atoms with E-state index in [-0.39, 0.29) is 5.91 Å². The van der Waals surface area contributed by atoms with E-state index in [9.17, 15) is 4.79 Å². The molecule has 1 saturated heterocycles. The molecule has 0 N–H and O–H groups in total. The highest BCUT2D eigenvalue weighted by molar-refractivity contribution is 7.17. The predicted octanol–water partition coefficient (Wildman–Crippen LogP) is 4.60. The van der Waals surface area contributed by atoms with E-state index in [1.54, 1.807) is 0 Å². The van der Waals surface area contributed by atoms with E-state index >= 15 is 0 Å². The number of hydrogen-bond acceptors (Lipinski definition) is 5. The lowest BCUT2D eigenvalue weighted by Gasteiger charge is -2.34. The number of rotatable bonds is 4. The number of aromatic nitrogens is 1. The summed E-state index contributed by atoms with van der Waals surface area (Å²) >= 11 is 7.52. The van der Waals surface area contributed by atoms with Crippen LogP contribution in [0.1, 0.15) is 26.5 Å². The topological polar surface area (TPSA) is 60.2 Å². The van der Waals surface area contributed by atoms with Crippen LogP contribution >= 0.6 is 22.9 Å². The van der Waals surface area contributed by atoms with Crippen molar-refractivity contribution in [2.75, 3.05) is 26.2 Å². The number of hydrogen-bond donors (Lipinski definition) is 0. The number of halogens is 1. The summed E-state index contributed by atoms with van der Waals surface area (Å²) in [7, 11) is 0. The molecule has 5 nitrogen and oxygen atoms in total. The van der Waals surface area contributed by atoms with Crippen LogP contribution in [0.3, 0.4) is 0 Å². The van der Waals surface area contributed by atoms with Gasteiger partial charge < -0.3 is 4.90 Å². The smallest absolute Gasteiger partial charge is 0.265 e. The second-order valence-electron chi connectivity index (χ2n) is 7.32. The van der Waals surface area contributed by atoms with Gasteiger partial charge in [-0.3, -0.25) is 9.69 Å². The molecular weight excluding hydrogens is 416 g/mol. The average molecular weight is 437 g/mol. The summed E-state index contributed by atoms with van der Waals surface area (Å²) in [6, 6.07) is 17.4. The second kappa shape index (κ2) is 8.97. The normalized spacial score (nSPS) is 14.5. The van der Waals surface area contributed by atoms with E-state index in [2.05, 4.69) is 16.0 Å². The molecule has 0 atom stereocenters. The second-order valence-corrected chi connectivity index (χ2v) is 8.76. The van der Waals surface area contributed by atoms with Gasteiger partial charge in [-0.1, -0.05) is 35.9 Å². The van der Waals surface area contributed by atoms with Crippen molar-refractivity contribution in [2.24, 2.45) is 0 Å². The van der Waals surface area contributed by atoms with Crippen molar-refractivity contribution >= 4 is 28.8 Å². The van der Waals surface area contributed by atoms with Gasteiger partial charge in [0.25, 0.3) is 5.91 Å². The van der Waals surface area contributed by atoms with Crippen LogP contribution in [0.5, 0.6) is 0 Å². The van der Waals surface area contributed by atoms with Gasteiger partial charge in [0.1, 0.15) is 9.88 Å². The summed E-state index contributed by atoms with van der Waals surface area (Å²) in [6.07, 6.45) is 0. The maximum Gasteiger partial charge on any atom is 0.265 e. The van der Waals surface area contributed by atoms with Crippen LogP contribution in [0, 0.1) is 18.3 Å². The standard InChI is InChI=1S/C23H21ClN4OS/c1-16-21(30-22(26-16)19-3-2-4-20(24)13-19)23(29)28-11-9-27(10-12-28)15-18-7-5-17(14-25)6-8-18/h2-8,13H,9-12,15H2,1H3. The number of benzene rings is 2. The third kappa shape index (κ3) is 4.54. The molecule has 0 spiro atoms. The summed E-state index contributed by atoms with van der Waals surface area (Å²) in [5.41, 5.74) is 3.55. The van der Waals surface area contributed by atoms with E-state index in [0.717, 1.165) is 35.9 Å². The molecule has 7 heteroatoms. The molecule has 30 heavy (non-hydrogen) atoms. The highest BCUT2D eigenvalue weighted by Gasteiger charge is 2.25. The molecule has 4 rings (SSSR count). The monoisotopic (exact) mass is 436 g/mol. The van der Waals surface area contributed by atoms with Gasteiger partial charge in [-0.15, -0.1) is 11.3 Å². The summed E-state index contributed by atoms with van der Waals surface area (Å²) in [5, 5.41) is 10.4. The van der Waals surface area contributed by atoms with Gasteiger partial charge in [-0.2, -0.15) is 5.26 Å². The first kappa shape index (κ1) is 20.5. The van der Waals surface area contributed by atoms with Gasteiger partial charge in [0.2, 0.25) is 0 Å². The van der Waals surface area contributed by atoms with Crippen LogP contribution in [0.25, 0.3) is 10.6 Å². The Morgan fingerprint density at radius 1 is 1.17 bits per heavy atom. The fourth-order valence-electron chi connectivity index (χ4n) is 3.54. The Morgan fingerprint density at radius 3 is 2.57 bits per heavy atom. The third-order valence-electron chi connectivity index (χ3n) is 5.21. The van der Waals surface area contributed by atoms with Crippen LogP contribution < -0.4 is 0 Å². The van der Waals surface area contributed by atoms with Gasteiger partial charge in [-0.25, -0.2) is 4.98 Å². The molecule has 3 aromatic rings. The number of amides is 1. The Labute approximate surface area is 185 Å². The minimum atomic E-state index is 0.0521. The summed E-state index contributed by atoms with van der Waals surface area (Å²) in [5.74, 6) is 0.0521. The number of carbonyl (C=O) groups is 1. The van der Waals surface area contributed by atoms with Crippen molar-refractivity contribution in [3.05, 3.63) is 75.3 Å².